The van der Waals surface area contributed by atoms with Crippen molar-refractivity contribution in [3.63, 3.8) is 0 Å². The van der Waals surface area contributed by atoms with Gasteiger partial charge in [-0.15, -0.1) is 0 Å². The molecule has 31 heavy (non-hydrogen) atoms. The lowest BCUT2D eigenvalue weighted by atomic mass is 10.1. The minimum Gasteiger partial charge on any atom is -0.345 e. The maximum absolute atomic E-state index is 13.2. The summed E-state index contributed by atoms with van der Waals surface area (Å²) in [6, 6.07) is 6.81. The molecule has 0 radical (unpaired) electrons. The van der Waals surface area contributed by atoms with Crippen LogP contribution in [0.3, 0.4) is 0 Å². The van der Waals surface area contributed by atoms with Gasteiger partial charge in [0.25, 0.3) is 5.91 Å². The lowest BCUT2D eigenvalue weighted by Gasteiger charge is -2.15. The summed E-state index contributed by atoms with van der Waals surface area (Å²) >= 11 is 0. The van der Waals surface area contributed by atoms with E-state index in [1.165, 1.54) is 36.8 Å². The molecular weight excluding hydrogens is 421 g/mol. The van der Waals surface area contributed by atoms with Gasteiger partial charge in [-0.1, -0.05) is 0 Å². The first-order valence-corrected chi connectivity index (χ1v) is 11.2. The average molecular weight is 439 g/mol. The Morgan fingerprint density at radius 3 is 2.48 bits per heavy atom. The lowest BCUT2D eigenvalue weighted by Crippen LogP contribution is -2.27. The van der Waals surface area contributed by atoms with Crippen molar-refractivity contribution in [2.24, 2.45) is 0 Å². The molecule has 0 fully saturated rings. The summed E-state index contributed by atoms with van der Waals surface area (Å²) in [5, 5.41) is 7.73. The number of pyridine rings is 2. The van der Waals surface area contributed by atoms with Gasteiger partial charge in [-0.05, 0) is 42.8 Å². The number of carbonyl (C=O) groups excluding carboxylic acids is 1. The number of rotatable bonds is 5. The molecule has 0 bridgehead atoms. The van der Waals surface area contributed by atoms with Crippen molar-refractivity contribution in [3.05, 3.63) is 78.3 Å². The Bertz CT molecular complexity index is 1380. The Balaban J connectivity index is 1.63. The normalized spacial score (nSPS) is 12.6. The minimum atomic E-state index is -3.41. The SMILES string of the molecule is CC(NC(=O)c1cncc2c1cnn2-c1ccc(F)cc1)c1cncc(S(C)(=O)=O)c1. The first kappa shape index (κ1) is 20.6. The maximum Gasteiger partial charge on any atom is 0.254 e. The third-order valence-electron chi connectivity index (χ3n) is 4.82. The highest BCUT2D eigenvalue weighted by molar-refractivity contribution is 7.90. The summed E-state index contributed by atoms with van der Waals surface area (Å²) in [7, 11) is -3.41. The summed E-state index contributed by atoms with van der Waals surface area (Å²) in [6.07, 6.45) is 8.43. The molecule has 1 amide bonds. The van der Waals surface area contributed by atoms with E-state index in [0.29, 0.717) is 27.7 Å². The maximum atomic E-state index is 13.2. The first-order valence-electron chi connectivity index (χ1n) is 9.27. The summed E-state index contributed by atoms with van der Waals surface area (Å²) < 4.78 is 38.3. The molecule has 0 aliphatic carbocycles. The van der Waals surface area contributed by atoms with E-state index in [2.05, 4.69) is 20.4 Å². The van der Waals surface area contributed by atoms with Crippen LogP contribution in [0.25, 0.3) is 16.6 Å². The van der Waals surface area contributed by atoms with Gasteiger partial charge in [-0.25, -0.2) is 17.5 Å². The van der Waals surface area contributed by atoms with E-state index < -0.39 is 21.8 Å². The topological polar surface area (TPSA) is 107 Å². The van der Waals surface area contributed by atoms with Crippen molar-refractivity contribution in [1.82, 2.24) is 25.1 Å². The summed E-state index contributed by atoms with van der Waals surface area (Å²) in [6.45, 7) is 1.73. The number of fused-ring (bicyclic) bond motifs is 1. The number of benzene rings is 1. The number of hydrogen-bond acceptors (Lipinski definition) is 6. The zero-order valence-corrected chi connectivity index (χ0v) is 17.5. The Hall–Kier alpha value is -3.66. The van der Waals surface area contributed by atoms with Gasteiger partial charge >= 0.3 is 0 Å². The molecule has 158 valence electrons. The molecule has 4 rings (SSSR count). The van der Waals surface area contributed by atoms with Crippen molar-refractivity contribution in [2.45, 2.75) is 17.9 Å². The third kappa shape index (κ3) is 4.15. The predicted molar refractivity (Wildman–Crippen MR) is 112 cm³/mol. The monoisotopic (exact) mass is 439 g/mol. The van der Waals surface area contributed by atoms with Crippen LogP contribution in [-0.4, -0.2) is 40.3 Å². The number of hydrogen-bond donors (Lipinski definition) is 1. The molecule has 1 aromatic carbocycles. The van der Waals surface area contributed by atoms with E-state index in [4.69, 9.17) is 0 Å². The standard InChI is InChI=1S/C21H18FN5O3S/c1-13(14-7-17(9-23-8-14)31(2,29)30)26-21(28)19-10-24-12-20-18(19)11-25-27(20)16-5-3-15(22)4-6-16/h3-13H,1-2H3,(H,26,28). The molecule has 3 aromatic heterocycles. The van der Waals surface area contributed by atoms with Gasteiger partial charge in [0.1, 0.15) is 5.82 Å². The number of nitrogens with one attached hydrogen (secondary N) is 1. The Kier molecular flexibility index (Phi) is 5.24. The number of halogens is 1. The van der Waals surface area contributed by atoms with Gasteiger partial charge in [0.05, 0.1) is 40.1 Å². The zero-order chi connectivity index (χ0) is 22.2. The van der Waals surface area contributed by atoms with Gasteiger partial charge in [-0.2, -0.15) is 5.10 Å². The van der Waals surface area contributed by atoms with Crippen LogP contribution in [0.1, 0.15) is 28.9 Å². The molecule has 10 heteroatoms. The Morgan fingerprint density at radius 1 is 1.06 bits per heavy atom. The summed E-state index contributed by atoms with van der Waals surface area (Å²) in [4.78, 5) is 21.1. The second kappa shape index (κ2) is 7.88. The van der Waals surface area contributed by atoms with Gasteiger partial charge in [-0.3, -0.25) is 14.8 Å². The van der Waals surface area contributed by atoms with Crippen molar-refractivity contribution >= 4 is 26.6 Å². The van der Waals surface area contributed by atoms with E-state index in [-0.39, 0.29) is 10.7 Å². The molecule has 0 saturated carbocycles. The molecule has 0 saturated heterocycles. The fraction of sp³-hybridized carbons (Fsp3) is 0.143. The van der Waals surface area contributed by atoms with Crippen molar-refractivity contribution in [2.75, 3.05) is 6.26 Å². The van der Waals surface area contributed by atoms with E-state index in [1.807, 2.05) is 0 Å². The minimum absolute atomic E-state index is 0.0791. The van der Waals surface area contributed by atoms with Crippen LogP contribution in [0.15, 0.2) is 66.2 Å². The predicted octanol–water partition coefficient (Wildman–Crippen LogP) is 2.85. The number of nitrogens with zero attached hydrogens (tertiary/aromatic N) is 4. The molecule has 8 nitrogen and oxygen atoms in total. The van der Waals surface area contributed by atoms with Crippen molar-refractivity contribution < 1.29 is 17.6 Å². The Labute approximate surface area is 177 Å². The van der Waals surface area contributed by atoms with Crippen molar-refractivity contribution in [3.8, 4) is 5.69 Å². The third-order valence-corrected chi connectivity index (χ3v) is 5.90. The Morgan fingerprint density at radius 2 is 1.77 bits per heavy atom. The second-order valence-electron chi connectivity index (χ2n) is 7.07. The molecule has 4 aromatic rings. The van der Waals surface area contributed by atoms with Crippen LogP contribution in [-0.2, 0) is 9.84 Å². The number of aromatic nitrogens is 4. The highest BCUT2D eigenvalue weighted by Crippen LogP contribution is 2.22. The largest absolute Gasteiger partial charge is 0.345 e. The van der Waals surface area contributed by atoms with E-state index in [1.54, 1.807) is 36.1 Å². The quantitative estimate of drug-likeness (QED) is 0.512. The lowest BCUT2D eigenvalue weighted by molar-refractivity contribution is 0.0941. The molecule has 0 aliphatic heterocycles. The van der Waals surface area contributed by atoms with E-state index in [9.17, 15) is 17.6 Å². The molecule has 3 heterocycles. The molecule has 1 unspecified atom stereocenters. The molecule has 0 aliphatic rings. The fourth-order valence-electron chi connectivity index (χ4n) is 3.14. The second-order valence-corrected chi connectivity index (χ2v) is 9.09. The van der Waals surface area contributed by atoms with Crippen LogP contribution in [0.4, 0.5) is 4.39 Å². The summed E-state index contributed by atoms with van der Waals surface area (Å²) in [5.41, 5.74) is 2.09. The fourth-order valence-corrected chi connectivity index (χ4v) is 3.75. The van der Waals surface area contributed by atoms with Crippen LogP contribution < -0.4 is 5.32 Å². The molecule has 0 spiro atoms. The zero-order valence-electron chi connectivity index (χ0n) is 16.7. The number of sulfone groups is 1. The molecular formula is C21H18FN5O3S. The number of amides is 1. The molecule has 1 atom stereocenters. The van der Waals surface area contributed by atoms with Gasteiger partial charge in [0.15, 0.2) is 9.84 Å². The van der Waals surface area contributed by atoms with E-state index >= 15 is 0 Å². The van der Waals surface area contributed by atoms with E-state index in [0.717, 1.165) is 6.26 Å². The van der Waals surface area contributed by atoms with Gasteiger partial charge in [0, 0.05) is 30.2 Å². The smallest absolute Gasteiger partial charge is 0.254 e. The van der Waals surface area contributed by atoms with Gasteiger partial charge in [0.2, 0.25) is 0 Å². The van der Waals surface area contributed by atoms with Crippen molar-refractivity contribution in [1.29, 1.82) is 0 Å². The molecule has 1 N–H and O–H groups in total. The average Bonchev–Trinajstić information content (AvgIpc) is 3.18. The van der Waals surface area contributed by atoms with Gasteiger partial charge < -0.3 is 5.32 Å². The van der Waals surface area contributed by atoms with Crippen LogP contribution >= 0.6 is 0 Å². The highest BCUT2D eigenvalue weighted by Gasteiger charge is 2.18. The summed E-state index contributed by atoms with van der Waals surface area (Å²) in [5.74, 6) is -0.754. The first-order chi connectivity index (χ1) is 14.7. The van der Waals surface area contributed by atoms with Crippen LogP contribution in [0.2, 0.25) is 0 Å². The van der Waals surface area contributed by atoms with Crippen LogP contribution in [0.5, 0.6) is 0 Å². The van der Waals surface area contributed by atoms with Crippen LogP contribution in [0, 0.1) is 5.82 Å². The number of carbonyl (C=O) groups is 1. The highest BCUT2D eigenvalue weighted by atomic mass is 32.2.